The van der Waals surface area contributed by atoms with Crippen LogP contribution in [0.25, 0.3) is 11.1 Å². The molecule has 4 rings (SSSR count). The molecular weight excluding hydrogens is 376 g/mol. The van der Waals surface area contributed by atoms with E-state index < -0.39 is 30.4 Å². The second-order valence-corrected chi connectivity index (χ2v) is 6.49. The standard InChI is InChI=1S/C21H18N2O6/c24-18-9-10-19(25)23(18)29-20(26)11-22-21(27)28-12-17-15-7-3-1-5-13(15)14-6-2-4-8-16(14)17/h1-10,17,24-25H,11-12H2,(H,22,27). The van der Waals surface area contributed by atoms with E-state index in [9.17, 15) is 19.8 Å². The smallest absolute Gasteiger partial charge is 0.407 e. The molecule has 0 saturated carbocycles. The highest BCUT2D eigenvalue weighted by Gasteiger charge is 2.29. The van der Waals surface area contributed by atoms with Gasteiger partial charge in [-0.15, -0.1) is 4.73 Å². The minimum Gasteiger partial charge on any atom is -0.492 e. The van der Waals surface area contributed by atoms with E-state index in [0.29, 0.717) is 4.73 Å². The molecule has 0 unspecified atom stereocenters. The van der Waals surface area contributed by atoms with Gasteiger partial charge >= 0.3 is 12.1 Å². The summed E-state index contributed by atoms with van der Waals surface area (Å²) in [5.41, 5.74) is 4.40. The molecule has 0 spiro atoms. The van der Waals surface area contributed by atoms with E-state index in [1.807, 2.05) is 48.5 Å². The van der Waals surface area contributed by atoms with Crippen molar-refractivity contribution >= 4 is 12.1 Å². The van der Waals surface area contributed by atoms with Gasteiger partial charge in [0.25, 0.3) is 0 Å². The van der Waals surface area contributed by atoms with Crippen molar-refractivity contribution in [2.24, 2.45) is 0 Å². The van der Waals surface area contributed by atoms with Gasteiger partial charge in [-0.1, -0.05) is 48.5 Å². The molecule has 3 N–H and O–H groups in total. The van der Waals surface area contributed by atoms with Crippen LogP contribution >= 0.6 is 0 Å². The van der Waals surface area contributed by atoms with Crippen molar-refractivity contribution in [3.05, 3.63) is 71.8 Å². The molecule has 2 aromatic carbocycles. The van der Waals surface area contributed by atoms with E-state index in [1.54, 1.807) is 0 Å². The summed E-state index contributed by atoms with van der Waals surface area (Å²) >= 11 is 0. The molecule has 1 aromatic heterocycles. The lowest BCUT2D eigenvalue weighted by molar-refractivity contribution is -0.144. The molecule has 0 aliphatic heterocycles. The highest BCUT2D eigenvalue weighted by molar-refractivity contribution is 5.80. The van der Waals surface area contributed by atoms with Crippen LogP contribution in [-0.4, -0.2) is 40.2 Å². The Hall–Kier alpha value is -3.94. The molecule has 29 heavy (non-hydrogen) atoms. The monoisotopic (exact) mass is 394 g/mol. The summed E-state index contributed by atoms with van der Waals surface area (Å²) in [5, 5.41) is 21.2. The van der Waals surface area contributed by atoms with Gasteiger partial charge in [-0.3, -0.25) is 0 Å². The molecule has 8 heteroatoms. The molecule has 148 valence electrons. The average Bonchev–Trinajstić information content (AvgIpc) is 3.22. The van der Waals surface area contributed by atoms with Crippen molar-refractivity contribution in [3.63, 3.8) is 0 Å². The van der Waals surface area contributed by atoms with Crippen molar-refractivity contribution in [1.29, 1.82) is 0 Å². The second kappa shape index (κ2) is 7.59. The normalized spacial score (nSPS) is 12.1. The third kappa shape index (κ3) is 3.60. The molecule has 3 aromatic rings. The lowest BCUT2D eigenvalue weighted by Gasteiger charge is -2.14. The highest BCUT2D eigenvalue weighted by atomic mass is 16.7. The number of nitrogens with zero attached hydrogens (tertiary/aromatic N) is 1. The number of nitrogens with one attached hydrogen (secondary N) is 1. The number of benzene rings is 2. The molecule has 0 fully saturated rings. The summed E-state index contributed by atoms with van der Waals surface area (Å²) in [4.78, 5) is 28.5. The second-order valence-electron chi connectivity index (χ2n) is 6.49. The Morgan fingerprint density at radius 2 is 1.45 bits per heavy atom. The molecule has 8 nitrogen and oxygen atoms in total. The average molecular weight is 394 g/mol. The van der Waals surface area contributed by atoms with Crippen molar-refractivity contribution in [3.8, 4) is 22.9 Å². The summed E-state index contributed by atoms with van der Waals surface area (Å²) in [6.07, 6.45) is -0.773. The zero-order valence-corrected chi connectivity index (χ0v) is 15.2. The number of carbonyl (C=O) groups is 2. The number of fused-ring (bicyclic) bond motifs is 3. The number of alkyl carbamates (subject to hydrolysis) is 1. The SMILES string of the molecule is O=C(CNC(=O)OCC1c2ccccc2-c2ccccc21)On1c(O)ccc1O. The fraction of sp³-hybridized carbons (Fsp3) is 0.143. The fourth-order valence-corrected chi connectivity index (χ4v) is 3.42. The van der Waals surface area contributed by atoms with E-state index in [4.69, 9.17) is 9.57 Å². The predicted octanol–water partition coefficient (Wildman–Crippen LogP) is 2.39. The lowest BCUT2D eigenvalue weighted by atomic mass is 9.98. The minimum absolute atomic E-state index is 0.0890. The minimum atomic E-state index is -0.889. The molecular formula is C21H18N2O6. The number of rotatable bonds is 5. The van der Waals surface area contributed by atoms with Crippen LogP contribution in [0.3, 0.4) is 0 Å². The van der Waals surface area contributed by atoms with Gasteiger partial charge in [0.15, 0.2) is 0 Å². The molecule has 1 amide bonds. The van der Waals surface area contributed by atoms with E-state index in [1.165, 1.54) is 0 Å². The van der Waals surface area contributed by atoms with Crippen molar-refractivity contribution in [1.82, 2.24) is 10.0 Å². The number of aromatic nitrogens is 1. The summed E-state index contributed by atoms with van der Waals surface area (Å²) in [6.45, 7) is -0.373. The largest absolute Gasteiger partial charge is 0.492 e. The molecule has 0 bridgehead atoms. The van der Waals surface area contributed by atoms with Gasteiger partial charge in [0.05, 0.1) is 0 Å². The van der Waals surface area contributed by atoms with Crippen LogP contribution in [0.15, 0.2) is 60.7 Å². The van der Waals surface area contributed by atoms with Gasteiger partial charge in [0, 0.05) is 18.1 Å². The van der Waals surface area contributed by atoms with E-state index in [2.05, 4.69) is 5.32 Å². The van der Waals surface area contributed by atoms with Crippen LogP contribution in [-0.2, 0) is 9.53 Å². The van der Waals surface area contributed by atoms with Crippen LogP contribution in [0.1, 0.15) is 17.0 Å². The molecule has 1 heterocycles. The van der Waals surface area contributed by atoms with Gasteiger partial charge in [0.1, 0.15) is 13.2 Å². The third-order valence-electron chi connectivity index (χ3n) is 4.71. The first-order valence-electron chi connectivity index (χ1n) is 8.94. The molecule has 0 saturated heterocycles. The van der Waals surface area contributed by atoms with Gasteiger partial charge < -0.3 is 25.1 Å². The predicted molar refractivity (Wildman–Crippen MR) is 102 cm³/mol. The van der Waals surface area contributed by atoms with Gasteiger partial charge in [-0.05, 0) is 22.3 Å². The lowest BCUT2D eigenvalue weighted by Crippen LogP contribution is -2.35. The van der Waals surface area contributed by atoms with Crippen LogP contribution in [0.4, 0.5) is 4.79 Å². The van der Waals surface area contributed by atoms with Crippen LogP contribution in [0, 0.1) is 0 Å². The van der Waals surface area contributed by atoms with E-state index >= 15 is 0 Å². The first-order valence-corrected chi connectivity index (χ1v) is 8.94. The van der Waals surface area contributed by atoms with Crippen molar-refractivity contribution in [2.45, 2.75) is 5.92 Å². The summed E-state index contributed by atoms with van der Waals surface area (Å²) in [5.74, 6) is -1.87. The fourth-order valence-electron chi connectivity index (χ4n) is 3.42. The number of carbonyl (C=O) groups excluding carboxylic acids is 2. The maximum Gasteiger partial charge on any atom is 0.407 e. The Morgan fingerprint density at radius 1 is 0.897 bits per heavy atom. The quantitative estimate of drug-likeness (QED) is 0.613. The Kier molecular flexibility index (Phi) is 4.82. The number of hydrogen-bond donors (Lipinski definition) is 3. The Labute approximate surface area is 165 Å². The Morgan fingerprint density at radius 3 is 2.03 bits per heavy atom. The summed E-state index contributed by atoms with van der Waals surface area (Å²) < 4.78 is 5.85. The maximum atomic E-state index is 12.0. The highest BCUT2D eigenvalue weighted by Crippen LogP contribution is 2.44. The summed E-state index contributed by atoms with van der Waals surface area (Å²) in [7, 11) is 0. The molecule has 1 aliphatic rings. The maximum absolute atomic E-state index is 12.0. The van der Waals surface area contributed by atoms with E-state index in [0.717, 1.165) is 34.4 Å². The van der Waals surface area contributed by atoms with E-state index in [-0.39, 0.29) is 12.5 Å². The van der Waals surface area contributed by atoms with Crippen LogP contribution < -0.4 is 10.2 Å². The molecule has 0 radical (unpaired) electrons. The number of hydrogen-bond acceptors (Lipinski definition) is 6. The number of amides is 1. The van der Waals surface area contributed by atoms with Gasteiger partial charge in [-0.2, -0.15) is 0 Å². The number of aromatic hydroxyl groups is 2. The van der Waals surface area contributed by atoms with Crippen LogP contribution in [0.5, 0.6) is 11.8 Å². The Bertz CT molecular complexity index is 1010. The zero-order valence-electron chi connectivity index (χ0n) is 15.2. The Balaban J connectivity index is 1.34. The number of ether oxygens (including phenoxy) is 1. The topological polar surface area (TPSA) is 110 Å². The first-order chi connectivity index (χ1) is 14.0. The first kappa shape index (κ1) is 18.4. The van der Waals surface area contributed by atoms with Gasteiger partial charge in [-0.25, -0.2) is 9.59 Å². The summed E-state index contributed by atoms with van der Waals surface area (Å²) in [6, 6.07) is 18.2. The van der Waals surface area contributed by atoms with Crippen LogP contribution in [0.2, 0.25) is 0 Å². The molecule has 0 atom stereocenters. The third-order valence-corrected chi connectivity index (χ3v) is 4.71. The van der Waals surface area contributed by atoms with Crippen molar-refractivity contribution in [2.75, 3.05) is 13.2 Å². The van der Waals surface area contributed by atoms with Crippen molar-refractivity contribution < 1.29 is 29.4 Å². The van der Waals surface area contributed by atoms with Gasteiger partial charge in [0.2, 0.25) is 11.8 Å². The zero-order chi connectivity index (χ0) is 20.4. The molecule has 1 aliphatic carbocycles.